The Morgan fingerprint density at radius 1 is 0.619 bits per heavy atom. The Hall–Kier alpha value is -3.88. The zero-order valence-electron chi connectivity index (χ0n) is 23.8. The van der Waals surface area contributed by atoms with Crippen LogP contribution in [0.4, 0.5) is 0 Å². The van der Waals surface area contributed by atoms with Crippen LogP contribution in [-0.4, -0.2) is 43.2 Å². The highest BCUT2D eigenvalue weighted by Gasteiger charge is 2.38. The fourth-order valence-corrected chi connectivity index (χ4v) is 8.03. The summed E-state index contributed by atoms with van der Waals surface area (Å²) in [5, 5.41) is 17.0. The van der Waals surface area contributed by atoms with E-state index in [1.54, 1.807) is 0 Å². The van der Waals surface area contributed by atoms with E-state index < -0.39 is 0 Å². The van der Waals surface area contributed by atoms with Gasteiger partial charge in [-0.2, -0.15) is 0 Å². The minimum absolute atomic E-state index is 0.328. The van der Waals surface area contributed by atoms with Crippen LogP contribution in [0.5, 0.6) is 0 Å². The lowest BCUT2D eigenvalue weighted by molar-refractivity contribution is 0.358. The molecule has 2 aromatic carbocycles. The van der Waals surface area contributed by atoms with Gasteiger partial charge in [-0.05, 0) is 105 Å². The van der Waals surface area contributed by atoms with E-state index in [2.05, 4.69) is 68.1 Å². The molecule has 212 valence electrons. The number of aromatic nitrogens is 6. The molecule has 3 aliphatic carbocycles. The van der Waals surface area contributed by atoms with Crippen LogP contribution >= 0.6 is 0 Å². The average Bonchev–Trinajstić information content (AvgIpc) is 3.87. The van der Waals surface area contributed by atoms with Gasteiger partial charge in [0, 0.05) is 11.1 Å². The summed E-state index contributed by atoms with van der Waals surface area (Å²) < 4.78 is 0. The molecule has 8 nitrogen and oxygen atoms in total. The third-order valence-corrected chi connectivity index (χ3v) is 10.2. The minimum atomic E-state index is 0.328. The number of aromatic amines is 2. The van der Waals surface area contributed by atoms with Crippen LogP contribution in [0.15, 0.2) is 48.7 Å². The summed E-state index contributed by atoms with van der Waals surface area (Å²) in [6.45, 7) is 2.13. The Morgan fingerprint density at radius 2 is 1.24 bits per heavy atom. The van der Waals surface area contributed by atoms with Crippen LogP contribution in [0.3, 0.4) is 0 Å². The van der Waals surface area contributed by atoms with E-state index in [-0.39, 0.29) is 0 Å². The first-order chi connectivity index (χ1) is 20.8. The van der Waals surface area contributed by atoms with Gasteiger partial charge >= 0.3 is 0 Å². The van der Waals surface area contributed by atoms with Crippen LogP contribution in [0, 0.1) is 0 Å². The van der Waals surface area contributed by atoms with Gasteiger partial charge in [0.15, 0.2) is 0 Å². The summed E-state index contributed by atoms with van der Waals surface area (Å²) in [6.07, 6.45) is 11.6. The van der Waals surface area contributed by atoms with Gasteiger partial charge in [0.25, 0.3) is 0 Å². The number of H-pyrrole nitrogens is 2. The molecule has 2 aliphatic heterocycles. The highest BCUT2D eigenvalue weighted by atomic mass is 15.1. The summed E-state index contributed by atoms with van der Waals surface area (Å²) >= 11 is 0. The third kappa shape index (κ3) is 4.03. The van der Waals surface area contributed by atoms with Crippen molar-refractivity contribution >= 4 is 11.0 Å². The molecule has 4 N–H and O–H groups in total. The molecule has 10 rings (SSSR count). The fraction of sp³-hybridized carbons (Fsp3) is 0.412. The van der Waals surface area contributed by atoms with Crippen molar-refractivity contribution < 1.29 is 0 Å². The molecule has 2 bridgehead atoms. The van der Waals surface area contributed by atoms with Crippen LogP contribution < -0.4 is 10.6 Å². The lowest BCUT2D eigenvalue weighted by atomic mass is 9.65. The van der Waals surface area contributed by atoms with Gasteiger partial charge in [-0.3, -0.25) is 0 Å². The van der Waals surface area contributed by atoms with Crippen molar-refractivity contribution in [3.05, 3.63) is 71.4 Å². The number of rotatable bonds is 5. The Morgan fingerprint density at radius 3 is 1.90 bits per heavy atom. The topological polar surface area (TPSA) is 107 Å². The van der Waals surface area contributed by atoms with Crippen LogP contribution in [-0.2, 0) is 0 Å². The molecule has 0 amide bonds. The summed E-state index contributed by atoms with van der Waals surface area (Å²) in [5.41, 5.74) is 11.6. The van der Waals surface area contributed by atoms with E-state index in [0.717, 1.165) is 82.4 Å². The molecule has 3 fully saturated rings. The molecule has 8 heteroatoms. The summed E-state index contributed by atoms with van der Waals surface area (Å²) in [6, 6.07) is 16.1. The van der Waals surface area contributed by atoms with E-state index in [9.17, 15) is 0 Å². The molecular formula is C34H36N8. The molecule has 0 radical (unpaired) electrons. The predicted octanol–water partition coefficient (Wildman–Crippen LogP) is 6.68. The normalized spacial score (nSPS) is 25.0. The van der Waals surface area contributed by atoms with Crippen molar-refractivity contribution in [3.63, 3.8) is 0 Å². The highest BCUT2D eigenvalue weighted by Crippen LogP contribution is 2.54. The first-order valence-electron chi connectivity index (χ1n) is 15.8. The molecule has 5 aliphatic rings. The molecular weight excluding hydrogens is 520 g/mol. The fourth-order valence-electron chi connectivity index (χ4n) is 8.03. The van der Waals surface area contributed by atoms with Gasteiger partial charge in [-0.1, -0.05) is 30.3 Å². The Labute approximate surface area is 245 Å². The second kappa shape index (κ2) is 9.85. The highest BCUT2D eigenvalue weighted by molar-refractivity contribution is 5.83. The van der Waals surface area contributed by atoms with E-state index >= 15 is 0 Å². The maximum absolute atomic E-state index is 4.96. The van der Waals surface area contributed by atoms with Gasteiger partial charge < -0.3 is 20.6 Å². The van der Waals surface area contributed by atoms with E-state index in [1.165, 1.54) is 49.7 Å². The molecule has 3 aromatic heterocycles. The number of nitrogens with zero attached hydrogens (tertiary/aromatic N) is 4. The van der Waals surface area contributed by atoms with Crippen molar-refractivity contribution in [2.45, 2.75) is 75.3 Å². The van der Waals surface area contributed by atoms with Crippen molar-refractivity contribution in [3.8, 4) is 33.8 Å². The molecule has 0 spiro atoms. The van der Waals surface area contributed by atoms with Crippen molar-refractivity contribution in [2.75, 3.05) is 13.1 Å². The number of hydrogen-bond acceptors (Lipinski definition) is 6. The summed E-state index contributed by atoms with van der Waals surface area (Å²) in [4.78, 5) is 16.7. The molecule has 1 unspecified atom stereocenters. The Kier molecular flexibility index (Phi) is 5.79. The van der Waals surface area contributed by atoms with Gasteiger partial charge in [0.05, 0.1) is 46.4 Å². The first kappa shape index (κ1) is 24.7. The van der Waals surface area contributed by atoms with Gasteiger partial charge in [0.1, 0.15) is 11.6 Å². The van der Waals surface area contributed by atoms with Crippen LogP contribution in [0.2, 0.25) is 0 Å². The second-order valence-corrected chi connectivity index (χ2v) is 12.7. The van der Waals surface area contributed by atoms with E-state index in [0.29, 0.717) is 23.9 Å². The molecule has 5 heterocycles. The minimum Gasteiger partial charge on any atom is -0.341 e. The van der Waals surface area contributed by atoms with Gasteiger partial charge in [-0.25, -0.2) is 9.97 Å². The molecule has 2 atom stereocenters. The maximum Gasteiger partial charge on any atom is 0.124 e. The smallest absolute Gasteiger partial charge is 0.124 e. The van der Waals surface area contributed by atoms with E-state index in [1.807, 2.05) is 6.20 Å². The molecule has 2 saturated heterocycles. The van der Waals surface area contributed by atoms with Crippen molar-refractivity contribution in [1.29, 1.82) is 0 Å². The SMILES string of the molecule is c1cc(-c2nnc(-c3ccc4nc(C5CCCN5)[nH]c4c3)c3c2C2CCC3CC2)ccc1-c1cnc([C@@H]2CCCN2)[nH]1. The zero-order valence-corrected chi connectivity index (χ0v) is 23.8. The lowest BCUT2D eigenvalue weighted by Gasteiger charge is -2.40. The van der Waals surface area contributed by atoms with Gasteiger partial charge in [0.2, 0.25) is 0 Å². The molecule has 5 aromatic rings. The van der Waals surface area contributed by atoms with Crippen molar-refractivity contribution in [1.82, 2.24) is 40.8 Å². The maximum atomic E-state index is 4.96. The van der Waals surface area contributed by atoms with Crippen LogP contribution in [0.25, 0.3) is 44.8 Å². The second-order valence-electron chi connectivity index (χ2n) is 12.7. The van der Waals surface area contributed by atoms with Gasteiger partial charge in [-0.15, -0.1) is 10.2 Å². The Balaban J connectivity index is 1.08. The number of hydrogen-bond donors (Lipinski definition) is 4. The summed E-state index contributed by atoms with van der Waals surface area (Å²) in [7, 11) is 0. The Bertz CT molecular complexity index is 1760. The number of imidazole rings is 2. The molecule has 42 heavy (non-hydrogen) atoms. The first-order valence-corrected chi connectivity index (χ1v) is 15.8. The van der Waals surface area contributed by atoms with Crippen molar-refractivity contribution in [2.24, 2.45) is 0 Å². The number of fused-ring (bicyclic) bond motifs is 3. The van der Waals surface area contributed by atoms with Crippen LogP contribution in [0.1, 0.15) is 98.1 Å². The molecule has 1 saturated carbocycles. The lowest BCUT2D eigenvalue weighted by Crippen LogP contribution is -2.24. The zero-order chi connectivity index (χ0) is 27.6. The van der Waals surface area contributed by atoms with E-state index in [4.69, 9.17) is 15.2 Å². The third-order valence-electron chi connectivity index (χ3n) is 10.2. The average molecular weight is 557 g/mol. The largest absolute Gasteiger partial charge is 0.341 e. The quantitative estimate of drug-likeness (QED) is 0.192. The number of nitrogens with one attached hydrogen (secondary N) is 4. The predicted molar refractivity (Wildman–Crippen MR) is 164 cm³/mol. The standard InChI is InChI=1S/C34H36N8/c1-3-25(35-15-1)33-37-18-28(40-33)19-5-11-22(12-6-19)31-29-20-7-9-21(10-8-20)30(29)32(42-41-31)23-13-14-24-27(17-23)39-34(38-24)26-4-2-16-36-26/h5-6,11-14,17-18,20-21,25-26,35-36H,1-4,7-10,15-16H2,(H,37,40)(H,38,39)/t20?,21?,25-,26?/m0/s1. The summed E-state index contributed by atoms with van der Waals surface area (Å²) in [5.74, 6) is 3.20. The monoisotopic (exact) mass is 556 g/mol. The number of benzene rings is 2.